The lowest BCUT2D eigenvalue weighted by Crippen LogP contribution is -2.28. The first-order valence-electron chi connectivity index (χ1n) is 6.94. The number of hydrogen-bond donors (Lipinski definition) is 1. The minimum Gasteiger partial charge on any atom is -0.380 e. The maximum atomic E-state index is 5.53. The van der Waals surface area contributed by atoms with Crippen LogP contribution in [0.1, 0.15) is 24.5 Å². The van der Waals surface area contributed by atoms with E-state index < -0.39 is 0 Å². The molecule has 0 aliphatic carbocycles. The van der Waals surface area contributed by atoms with Crippen molar-refractivity contribution in [3.63, 3.8) is 0 Å². The van der Waals surface area contributed by atoms with Gasteiger partial charge in [-0.1, -0.05) is 24.6 Å². The average molecular weight is 248 g/mol. The van der Waals surface area contributed by atoms with E-state index in [1.807, 2.05) is 0 Å². The molecule has 2 rings (SSSR count). The van der Waals surface area contributed by atoms with E-state index >= 15 is 0 Å². The highest BCUT2D eigenvalue weighted by molar-refractivity contribution is 5.55. The predicted molar refractivity (Wildman–Crippen MR) is 76.2 cm³/mol. The highest BCUT2D eigenvalue weighted by Crippen LogP contribution is 2.23. The van der Waals surface area contributed by atoms with Crippen LogP contribution in [0, 0.1) is 6.92 Å². The first-order valence-corrected chi connectivity index (χ1v) is 6.94. The lowest BCUT2D eigenvalue weighted by molar-refractivity contribution is 0.152. The Hall–Kier alpha value is -1.06. The third-order valence-corrected chi connectivity index (χ3v) is 3.36. The molecule has 0 amide bonds. The molecule has 0 unspecified atom stereocenters. The molecular weight excluding hydrogens is 224 g/mol. The number of benzene rings is 1. The Bertz CT molecular complexity index is 371. The minimum atomic E-state index is 0.842. The van der Waals surface area contributed by atoms with Crippen molar-refractivity contribution in [2.45, 2.75) is 26.8 Å². The zero-order valence-corrected chi connectivity index (χ0v) is 11.5. The van der Waals surface area contributed by atoms with E-state index in [-0.39, 0.29) is 0 Å². The molecule has 100 valence electrons. The second kappa shape index (κ2) is 6.76. The Kier molecular flexibility index (Phi) is 5.02. The predicted octanol–water partition coefficient (Wildman–Crippen LogP) is 2.33. The summed E-state index contributed by atoms with van der Waals surface area (Å²) in [5.74, 6) is 0. The van der Waals surface area contributed by atoms with Crippen molar-refractivity contribution < 1.29 is 4.74 Å². The third kappa shape index (κ3) is 3.47. The molecule has 1 aliphatic rings. The van der Waals surface area contributed by atoms with Crippen LogP contribution in [0.2, 0.25) is 0 Å². The molecule has 3 heteroatoms. The highest BCUT2D eigenvalue weighted by Gasteiger charge is 2.13. The molecule has 0 radical (unpaired) electrons. The standard InChI is InChI=1S/C15H24N2O/c1-3-16-12-14-11-13(2)5-6-15(14)17-7-4-9-18-10-8-17/h5-6,11,16H,3-4,7-10,12H2,1-2H3. The SMILES string of the molecule is CCNCc1cc(C)ccc1N1CCCOCC1. The van der Waals surface area contributed by atoms with E-state index in [4.69, 9.17) is 4.74 Å². The van der Waals surface area contributed by atoms with Crippen molar-refractivity contribution in [3.8, 4) is 0 Å². The Morgan fingerprint density at radius 1 is 1.28 bits per heavy atom. The number of hydrogen-bond acceptors (Lipinski definition) is 3. The van der Waals surface area contributed by atoms with Gasteiger partial charge in [-0.15, -0.1) is 0 Å². The summed E-state index contributed by atoms with van der Waals surface area (Å²) in [6, 6.07) is 6.76. The number of ether oxygens (including phenoxy) is 1. The fourth-order valence-corrected chi connectivity index (χ4v) is 2.41. The van der Waals surface area contributed by atoms with Crippen molar-refractivity contribution in [1.82, 2.24) is 5.32 Å². The van der Waals surface area contributed by atoms with Crippen molar-refractivity contribution in [2.75, 3.05) is 37.7 Å². The topological polar surface area (TPSA) is 24.5 Å². The molecule has 18 heavy (non-hydrogen) atoms. The number of aryl methyl sites for hydroxylation is 1. The van der Waals surface area contributed by atoms with Gasteiger partial charge in [0.05, 0.1) is 6.61 Å². The van der Waals surface area contributed by atoms with Crippen LogP contribution in [0.15, 0.2) is 18.2 Å². The van der Waals surface area contributed by atoms with Gasteiger partial charge in [-0.2, -0.15) is 0 Å². The van der Waals surface area contributed by atoms with E-state index in [1.54, 1.807) is 0 Å². The molecule has 1 saturated heterocycles. The van der Waals surface area contributed by atoms with Gasteiger partial charge in [-0.3, -0.25) is 0 Å². The van der Waals surface area contributed by atoms with Crippen LogP contribution in [0.3, 0.4) is 0 Å². The quantitative estimate of drug-likeness (QED) is 0.885. The molecule has 0 spiro atoms. The van der Waals surface area contributed by atoms with Gasteiger partial charge in [-0.25, -0.2) is 0 Å². The third-order valence-electron chi connectivity index (χ3n) is 3.36. The molecule has 1 N–H and O–H groups in total. The van der Waals surface area contributed by atoms with E-state index in [0.717, 1.165) is 45.8 Å². The molecule has 1 aromatic rings. The molecule has 3 nitrogen and oxygen atoms in total. The van der Waals surface area contributed by atoms with Crippen molar-refractivity contribution in [1.29, 1.82) is 0 Å². The molecule has 1 aromatic carbocycles. The second-order valence-corrected chi connectivity index (χ2v) is 4.87. The van der Waals surface area contributed by atoms with Crippen LogP contribution in [-0.4, -0.2) is 32.8 Å². The summed E-state index contributed by atoms with van der Waals surface area (Å²) in [4.78, 5) is 2.46. The Morgan fingerprint density at radius 2 is 2.17 bits per heavy atom. The van der Waals surface area contributed by atoms with Gasteiger partial charge < -0.3 is 15.0 Å². The smallest absolute Gasteiger partial charge is 0.0641 e. The van der Waals surface area contributed by atoms with E-state index in [1.165, 1.54) is 16.8 Å². The van der Waals surface area contributed by atoms with Crippen molar-refractivity contribution in [2.24, 2.45) is 0 Å². The summed E-state index contributed by atoms with van der Waals surface area (Å²) in [7, 11) is 0. The number of nitrogens with one attached hydrogen (secondary N) is 1. The van der Waals surface area contributed by atoms with E-state index in [2.05, 4.69) is 42.3 Å². The summed E-state index contributed by atoms with van der Waals surface area (Å²) in [6.45, 7) is 10.1. The highest BCUT2D eigenvalue weighted by atomic mass is 16.5. The van der Waals surface area contributed by atoms with Gasteiger partial charge in [0.25, 0.3) is 0 Å². The zero-order chi connectivity index (χ0) is 12.8. The fraction of sp³-hybridized carbons (Fsp3) is 0.600. The minimum absolute atomic E-state index is 0.842. The monoisotopic (exact) mass is 248 g/mol. The Morgan fingerprint density at radius 3 is 3.00 bits per heavy atom. The van der Waals surface area contributed by atoms with Gasteiger partial charge in [0.15, 0.2) is 0 Å². The van der Waals surface area contributed by atoms with Gasteiger partial charge in [0.1, 0.15) is 0 Å². The maximum Gasteiger partial charge on any atom is 0.0641 e. The summed E-state index contributed by atoms with van der Waals surface area (Å²) in [5, 5.41) is 3.43. The summed E-state index contributed by atoms with van der Waals surface area (Å²) >= 11 is 0. The Balaban J connectivity index is 2.18. The molecule has 0 saturated carbocycles. The second-order valence-electron chi connectivity index (χ2n) is 4.87. The Labute approximate surface area is 110 Å². The van der Waals surface area contributed by atoms with Crippen LogP contribution in [0.5, 0.6) is 0 Å². The fourth-order valence-electron chi connectivity index (χ4n) is 2.41. The molecule has 1 aliphatic heterocycles. The van der Waals surface area contributed by atoms with Gasteiger partial charge in [0, 0.05) is 31.9 Å². The number of nitrogens with zero attached hydrogens (tertiary/aromatic N) is 1. The first kappa shape index (κ1) is 13.4. The molecule has 0 atom stereocenters. The van der Waals surface area contributed by atoms with Crippen LogP contribution in [0.25, 0.3) is 0 Å². The summed E-state index contributed by atoms with van der Waals surface area (Å²) in [6.07, 6.45) is 1.12. The van der Waals surface area contributed by atoms with Crippen LogP contribution >= 0.6 is 0 Å². The van der Waals surface area contributed by atoms with Gasteiger partial charge >= 0.3 is 0 Å². The van der Waals surface area contributed by atoms with Crippen molar-refractivity contribution in [3.05, 3.63) is 29.3 Å². The largest absolute Gasteiger partial charge is 0.380 e. The van der Waals surface area contributed by atoms with Gasteiger partial charge in [0.2, 0.25) is 0 Å². The normalized spacial score (nSPS) is 16.7. The number of anilines is 1. The maximum absolute atomic E-state index is 5.53. The van der Waals surface area contributed by atoms with E-state index in [0.29, 0.717) is 0 Å². The molecule has 0 bridgehead atoms. The van der Waals surface area contributed by atoms with Crippen LogP contribution in [0.4, 0.5) is 5.69 Å². The number of rotatable bonds is 4. The first-order chi connectivity index (χ1) is 8.81. The molecule has 0 aromatic heterocycles. The lowest BCUT2D eigenvalue weighted by atomic mass is 10.1. The molecule has 1 fully saturated rings. The average Bonchev–Trinajstić information content (AvgIpc) is 2.65. The lowest BCUT2D eigenvalue weighted by Gasteiger charge is -2.25. The summed E-state index contributed by atoms with van der Waals surface area (Å²) in [5.41, 5.74) is 4.10. The van der Waals surface area contributed by atoms with Crippen LogP contribution in [-0.2, 0) is 11.3 Å². The molecule has 1 heterocycles. The van der Waals surface area contributed by atoms with Crippen molar-refractivity contribution >= 4 is 5.69 Å². The summed E-state index contributed by atoms with van der Waals surface area (Å²) < 4.78 is 5.53. The zero-order valence-electron chi connectivity index (χ0n) is 11.5. The van der Waals surface area contributed by atoms with Crippen LogP contribution < -0.4 is 10.2 Å². The molecular formula is C15H24N2O. The van der Waals surface area contributed by atoms with E-state index in [9.17, 15) is 0 Å². The van der Waals surface area contributed by atoms with Gasteiger partial charge in [-0.05, 0) is 31.5 Å².